The van der Waals surface area contributed by atoms with E-state index in [-0.39, 0.29) is 6.10 Å². The van der Waals surface area contributed by atoms with Crippen molar-refractivity contribution in [2.75, 3.05) is 6.61 Å². The van der Waals surface area contributed by atoms with Gasteiger partial charge in [-0.2, -0.15) is 0 Å². The highest BCUT2D eigenvalue weighted by atomic mass is 16.5. The predicted molar refractivity (Wildman–Crippen MR) is 53.7 cm³/mol. The van der Waals surface area contributed by atoms with Crippen molar-refractivity contribution in [2.24, 2.45) is 5.92 Å². The van der Waals surface area contributed by atoms with E-state index in [1.165, 1.54) is 6.42 Å². The highest BCUT2D eigenvalue weighted by Gasteiger charge is 2.19. The molecule has 1 fully saturated rings. The van der Waals surface area contributed by atoms with E-state index in [0.717, 1.165) is 32.3 Å². The lowest BCUT2D eigenvalue weighted by atomic mass is 10.0. The second-order valence-corrected chi connectivity index (χ2v) is 4.50. The lowest BCUT2D eigenvalue weighted by Crippen LogP contribution is -2.17. The maximum absolute atomic E-state index is 9.68. The fourth-order valence-electron chi connectivity index (χ4n) is 1.78. The summed E-state index contributed by atoms with van der Waals surface area (Å²) in [4.78, 5) is 0. The Kier molecular flexibility index (Phi) is 4.74. The van der Waals surface area contributed by atoms with Crippen LogP contribution in [0.1, 0.15) is 46.0 Å². The molecule has 0 aromatic carbocycles. The van der Waals surface area contributed by atoms with Gasteiger partial charge in [0.15, 0.2) is 0 Å². The van der Waals surface area contributed by atoms with Gasteiger partial charge in [0.25, 0.3) is 0 Å². The summed E-state index contributed by atoms with van der Waals surface area (Å²) < 4.78 is 5.47. The highest BCUT2D eigenvalue weighted by molar-refractivity contribution is 4.69. The molecule has 1 rings (SSSR count). The van der Waals surface area contributed by atoms with Crippen molar-refractivity contribution in [1.29, 1.82) is 0 Å². The third-order valence-electron chi connectivity index (χ3n) is 2.64. The molecule has 0 bridgehead atoms. The van der Waals surface area contributed by atoms with E-state index in [1.807, 2.05) is 0 Å². The van der Waals surface area contributed by atoms with Gasteiger partial charge < -0.3 is 9.84 Å². The van der Waals surface area contributed by atoms with Crippen LogP contribution in [0.25, 0.3) is 0 Å². The lowest BCUT2D eigenvalue weighted by molar-refractivity contribution is 0.0485. The SMILES string of the molecule is CC(C)CCC(O)CC1CCCO1. The number of rotatable bonds is 5. The van der Waals surface area contributed by atoms with E-state index in [0.29, 0.717) is 12.0 Å². The Morgan fingerprint density at radius 3 is 2.69 bits per heavy atom. The molecule has 2 unspecified atom stereocenters. The minimum absolute atomic E-state index is 0.148. The predicted octanol–water partition coefficient (Wildman–Crippen LogP) is 2.35. The first-order valence-corrected chi connectivity index (χ1v) is 5.48. The summed E-state index contributed by atoms with van der Waals surface area (Å²) in [5, 5.41) is 9.68. The topological polar surface area (TPSA) is 29.5 Å². The quantitative estimate of drug-likeness (QED) is 0.714. The van der Waals surface area contributed by atoms with Gasteiger partial charge in [-0.15, -0.1) is 0 Å². The molecule has 0 saturated carbocycles. The monoisotopic (exact) mass is 186 g/mol. The van der Waals surface area contributed by atoms with Gasteiger partial charge in [-0.1, -0.05) is 13.8 Å². The number of hydrogen-bond acceptors (Lipinski definition) is 2. The Bertz CT molecular complexity index is 128. The average molecular weight is 186 g/mol. The van der Waals surface area contributed by atoms with E-state index in [4.69, 9.17) is 4.74 Å². The van der Waals surface area contributed by atoms with Gasteiger partial charge >= 0.3 is 0 Å². The maximum atomic E-state index is 9.68. The molecule has 0 aromatic rings. The van der Waals surface area contributed by atoms with Crippen molar-refractivity contribution in [3.8, 4) is 0 Å². The largest absolute Gasteiger partial charge is 0.393 e. The van der Waals surface area contributed by atoms with E-state index in [9.17, 15) is 5.11 Å². The molecular formula is C11H22O2. The number of hydrogen-bond donors (Lipinski definition) is 1. The molecule has 2 atom stereocenters. The van der Waals surface area contributed by atoms with Crippen LogP contribution >= 0.6 is 0 Å². The minimum atomic E-state index is -0.148. The van der Waals surface area contributed by atoms with Crippen LogP contribution in [0.2, 0.25) is 0 Å². The number of aliphatic hydroxyl groups excluding tert-OH is 1. The maximum Gasteiger partial charge on any atom is 0.0600 e. The summed E-state index contributed by atoms with van der Waals surface area (Å²) in [6.07, 6.45) is 5.38. The Labute approximate surface area is 81.3 Å². The average Bonchev–Trinajstić information content (AvgIpc) is 2.53. The first-order chi connectivity index (χ1) is 6.18. The van der Waals surface area contributed by atoms with Gasteiger partial charge in [0, 0.05) is 6.61 Å². The molecule has 2 nitrogen and oxygen atoms in total. The van der Waals surface area contributed by atoms with Crippen molar-refractivity contribution >= 4 is 0 Å². The molecule has 0 spiro atoms. The molecule has 0 radical (unpaired) electrons. The minimum Gasteiger partial charge on any atom is -0.393 e. The highest BCUT2D eigenvalue weighted by Crippen LogP contribution is 2.19. The molecule has 1 aliphatic heterocycles. The zero-order chi connectivity index (χ0) is 9.68. The Balaban J connectivity index is 2.05. The molecular weight excluding hydrogens is 164 g/mol. The third kappa shape index (κ3) is 4.63. The van der Waals surface area contributed by atoms with Crippen molar-refractivity contribution in [3.05, 3.63) is 0 Å². The summed E-state index contributed by atoms with van der Waals surface area (Å²) in [5.74, 6) is 0.694. The van der Waals surface area contributed by atoms with Crippen LogP contribution in [-0.2, 0) is 4.74 Å². The fourth-order valence-corrected chi connectivity index (χ4v) is 1.78. The van der Waals surface area contributed by atoms with Crippen LogP contribution in [0.5, 0.6) is 0 Å². The molecule has 13 heavy (non-hydrogen) atoms. The Morgan fingerprint density at radius 2 is 2.15 bits per heavy atom. The fraction of sp³-hybridized carbons (Fsp3) is 1.00. The third-order valence-corrected chi connectivity index (χ3v) is 2.64. The van der Waals surface area contributed by atoms with Gasteiger partial charge in [-0.3, -0.25) is 0 Å². The first-order valence-electron chi connectivity index (χ1n) is 5.48. The van der Waals surface area contributed by atoms with Gasteiger partial charge in [0.1, 0.15) is 0 Å². The van der Waals surface area contributed by atoms with Crippen LogP contribution in [0.4, 0.5) is 0 Å². The molecule has 0 aromatic heterocycles. The van der Waals surface area contributed by atoms with E-state index in [1.54, 1.807) is 0 Å². The summed E-state index contributed by atoms with van der Waals surface area (Å²) in [6.45, 7) is 5.28. The molecule has 0 aliphatic carbocycles. The Hall–Kier alpha value is -0.0800. The number of ether oxygens (including phenoxy) is 1. The smallest absolute Gasteiger partial charge is 0.0600 e. The van der Waals surface area contributed by atoms with Crippen molar-refractivity contribution in [3.63, 3.8) is 0 Å². The van der Waals surface area contributed by atoms with Crippen molar-refractivity contribution in [1.82, 2.24) is 0 Å². The normalized spacial score (nSPS) is 25.4. The number of aliphatic hydroxyl groups is 1. The lowest BCUT2D eigenvalue weighted by Gasteiger charge is -2.15. The Morgan fingerprint density at radius 1 is 1.38 bits per heavy atom. The summed E-state index contributed by atoms with van der Waals surface area (Å²) in [7, 11) is 0. The van der Waals surface area contributed by atoms with Crippen molar-refractivity contribution < 1.29 is 9.84 Å². The first kappa shape index (κ1) is 11.0. The zero-order valence-corrected chi connectivity index (χ0v) is 8.83. The van der Waals surface area contributed by atoms with E-state index < -0.39 is 0 Å². The molecule has 2 heteroatoms. The van der Waals surface area contributed by atoms with Crippen LogP contribution in [0, 0.1) is 5.92 Å². The molecule has 1 N–H and O–H groups in total. The van der Waals surface area contributed by atoms with Crippen LogP contribution in [0.3, 0.4) is 0 Å². The van der Waals surface area contributed by atoms with E-state index in [2.05, 4.69) is 13.8 Å². The van der Waals surface area contributed by atoms with E-state index >= 15 is 0 Å². The summed E-state index contributed by atoms with van der Waals surface area (Å²) in [5.41, 5.74) is 0. The van der Waals surface area contributed by atoms with Crippen molar-refractivity contribution in [2.45, 2.75) is 58.2 Å². The second kappa shape index (κ2) is 5.61. The molecule has 1 aliphatic rings. The summed E-state index contributed by atoms with van der Waals surface area (Å²) in [6, 6.07) is 0. The standard InChI is InChI=1S/C11H22O2/c1-9(2)5-6-10(12)8-11-4-3-7-13-11/h9-12H,3-8H2,1-2H3. The molecule has 1 heterocycles. The molecule has 78 valence electrons. The molecule has 0 amide bonds. The second-order valence-electron chi connectivity index (χ2n) is 4.50. The molecule has 1 saturated heterocycles. The van der Waals surface area contributed by atoms with Gasteiger partial charge in [0.2, 0.25) is 0 Å². The van der Waals surface area contributed by atoms with Crippen LogP contribution in [0.15, 0.2) is 0 Å². The van der Waals surface area contributed by atoms with Gasteiger partial charge in [-0.25, -0.2) is 0 Å². The zero-order valence-electron chi connectivity index (χ0n) is 8.83. The van der Waals surface area contributed by atoms with Gasteiger partial charge in [-0.05, 0) is 38.0 Å². The van der Waals surface area contributed by atoms with Crippen LogP contribution in [-0.4, -0.2) is 23.9 Å². The summed E-state index contributed by atoms with van der Waals surface area (Å²) >= 11 is 0. The van der Waals surface area contributed by atoms with Gasteiger partial charge in [0.05, 0.1) is 12.2 Å². The van der Waals surface area contributed by atoms with Crippen LogP contribution < -0.4 is 0 Å².